The van der Waals surface area contributed by atoms with E-state index in [1.807, 2.05) is 0 Å². The topological polar surface area (TPSA) is 54.5 Å². The van der Waals surface area contributed by atoms with Gasteiger partial charge in [0.15, 0.2) is 0 Å². The second-order valence-corrected chi connectivity index (χ2v) is 6.52. The number of halogens is 4. The third-order valence-electron chi connectivity index (χ3n) is 3.16. The molecule has 21 heavy (non-hydrogen) atoms. The number of sulfonamides is 1. The van der Waals surface area contributed by atoms with Crippen molar-refractivity contribution >= 4 is 15.8 Å². The Labute approximate surface area is 118 Å². The van der Waals surface area contributed by atoms with Crippen LogP contribution in [-0.2, 0) is 21.0 Å². The zero-order valence-corrected chi connectivity index (χ0v) is 11.5. The van der Waals surface area contributed by atoms with E-state index in [1.165, 1.54) is 0 Å². The van der Waals surface area contributed by atoms with Crippen molar-refractivity contribution in [2.75, 3.05) is 13.1 Å². The largest absolute Gasteiger partial charge is 0.419 e. The Bertz CT molecular complexity index is 660. The van der Waals surface area contributed by atoms with E-state index >= 15 is 0 Å². The molecule has 0 N–H and O–H groups in total. The van der Waals surface area contributed by atoms with Crippen LogP contribution >= 0.6 is 0 Å². The number of ketones is 1. The number of Topliss-reactive ketones (excluding diaryl/α,β-unsaturated/α-hetero) is 1. The molecule has 0 radical (unpaired) electrons. The highest BCUT2D eigenvalue weighted by Gasteiger charge is 2.36. The number of carbonyl (C=O) groups excluding carboxylic acids is 1. The SMILES string of the molecule is O=C1CCN(S(=O)(=O)c2ccc(F)c(C(F)(F)F)c2)CC1. The molecular weight excluding hydrogens is 314 g/mol. The molecule has 1 heterocycles. The van der Waals surface area contributed by atoms with Gasteiger partial charge in [-0.3, -0.25) is 4.79 Å². The number of hydrogen-bond donors (Lipinski definition) is 0. The quantitative estimate of drug-likeness (QED) is 0.783. The smallest absolute Gasteiger partial charge is 0.300 e. The van der Waals surface area contributed by atoms with Gasteiger partial charge in [-0.05, 0) is 18.2 Å². The van der Waals surface area contributed by atoms with Crippen LogP contribution in [0.2, 0.25) is 0 Å². The van der Waals surface area contributed by atoms with Crippen molar-refractivity contribution in [1.82, 2.24) is 4.31 Å². The van der Waals surface area contributed by atoms with E-state index in [0.29, 0.717) is 6.07 Å². The maximum atomic E-state index is 13.2. The Morgan fingerprint density at radius 1 is 1.10 bits per heavy atom. The maximum absolute atomic E-state index is 13.2. The molecule has 0 aromatic heterocycles. The normalized spacial score (nSPS) is 18.0. The molecule has 1 aromatic rings. The minimum Gasteiger partial charge on any atom is -0.300 e. The summed E-state index contributed by atoms with van der Waals surface area (Å²) >= 11 is 0. The van der Waals surface area contributed by atoms with E-state index in [2.05, 4.69) is 0 Å². The first kappa shape index (κ1) is 15.9. The molecule has 1 fully saturated rings. The number of piperidine rings is 1. The summed E-state index contributed by atoms with van der Waals surface area (Å²) in [6.45, 7) is -0.167. The molecular formula is C12H11F4NO3S. The van der Waals surface area contributed by atoms with Gasteiger partial charge in [0.1, 0.15) is 11.6 Å². The van der Waals surface area contributed by atoms with Crippen LogP contribution in [0.1, 0.15) is 18.4 Å². The van der Waals surface area contributed by atoms with E-state index in [4.69, 9.17) is 0 Å². The molecule has 0 unspecified atom stereocenters. The zero-order valence-electron chi connectivity index (χ0n) is 10.7. The Kier molecular flexibility index (Phi) is 4.07. The lowest BCUT2D eigenvalue weighted by atomic mass is 10.1. The number of nitrogens with zero attached hydrogens (tertiary/aromatic N) is 1. The molecule has 9 heteroatoms. The van der Waals surface area contributed by atoms with Gasteiger partial charge in [-0.15, -0.1) is 0 Å². The summed E-state index contributed by atoms with van der Waals surface area (Å²) in [5.74, 6) is -1.63. The molecule has 1 aliphatic rings. The maximum Gasteiger partial charge on any atom is 0.419 e. The molecule has 0 spiro atoms. The minimum atomic E-state index is -4.98. The van der Waals surface area contributed by atoms with Crippen LogP contribution in [0.15, 0.2) is 23.1 Å². The second-order valence-electron chi connectivity index (χ2n) is 4.58. The van der Waals surface area contributed by atoms with Crippen molar-refractivity contribution in [2.24, 2.45) is 0 Å². The monoisotopic (exact) mass is 325 g/mol. The van der Waals surface area contributed by atoms with Crippen molar-refractivity contribution in [3.05, 3.63) is 29.6 Å². The van der Waals surface area contributed by atoms with Crippen molar-refractivity contribution in [3.8, 4) is 0 Å². The van der Waals surface area contributed by atoms with E-state index in [-0.39, 0.29) is 37.8 Å². The van der Waals surface area contributed by atoms with E-state index in [1.54, 1.807) is 0 Å². The molecule has 1 aromatic carbocycles. The molecule has 4 nitrogen and oxygen atoms in total. The molecule has 1 aliphatic heterocycles. The van der Waals surface area contributed by atoms with Gasteiger partial charge in [-0.2, -0.15) is 17.5 Å². The third-order valence-corrected chi connectivity index (χ3v) is 5.06. The minimum absolute atomic E-state index is 0.0204. The standard InChI is InChI=1S/C12H11F4NO3S/c13-11-2-1-9(7-10(11)12(14,15)16)21(19,20)17-5-3-8(18)4-6-17/h1-2,7H,3-6H2. The highest BCUT2D eigenvalue weighted by atomic mass is 32.2. The fourth-order valence-corrected chi connectivity index (χ4v) is 3.48. The van der Waals surface area contributed by atoms with Crippen molar-refractivity contribution in [2.45, 2.75) is 23.9 Å². The van der Waals surface area contributed by atoms with Gasteiger partial charge >= 0.3 is 6.18 Å². The van der Waals surface area contributed by atoms with Crippen LogP contribution < -0.4 is 0 Å². The first-order chi connectivity index (χ1) is 9.62. The fraction of sp³-hybridized carbons (Fsp3) is 0.417. The zero-order chi connectivity index (χ0) is 15.8. The Hall–Kier alpha value is -1.48. The third kappa shape index (κ3) is 3.24. The average molecular weight is 325 g/mol. The van der Waals surface area contributed by atoms with Crippen LogP contribution in [0.3, 0.4) is 0 Å². The molecule has 0 saturated carbocycles. The Morgan fingerprint density at radius 3 is 2.19 bits per heavy atom. The van der Waals surface area contributed by atoms with Crippen molar-refractivity contribution in [3.63, 3.8) is 0 Å². The predicted octanol–water partition coefficient (Wildman–Crippen LogP) is 2.20. The van der Waals surface area contributed by atoms with Gasteiger partial charge in [0.2, 0.25) is 10.0 Å². The van der Waals surface area contributed by atoms with Gasteiger partial charge in [0.05, 0.1) is 10.5 Å². The van der Waals surface area contributed by atoms with Gasteiger partial charge < -0.3 is 0 Å². The Balaban J connectivity index is 2.39. The summed E-state index contributed by atoms with van der Waals surface area (Å²) in [4.78, 5) is 10.4. The van der Waals surface area contributed by atoms with Gasteiger partial charge in [0, 0.05) is 25.9 Å². The predicted molar refractivity (Wildman–Crippen MR) is 64.4 cm³/mol. The summed E-state index contributed by atoms with van der Waals surface area (Å²) in [7, 11) is -4.17. The summed E-state index contributed by atoms with van der Waals surface area (Å²) in [5.41, 5.74) is -1.63. The highest BCUT2D eigenvalue weighted by Crippen LogP contribution is 2.33. The fourth-order valence-electron chi connectivity index (χ4n) is 2.01. The van der Waals surface area contributed by atoms with E-state index in [0.717, 1.165) is 10.4 Å². The van der Waals surface area contributed by atoms with Crippen molar-refractivity contribution < 1.29 is 30.8 Å². The summed E-state index contributed by atoms with van der Waals surface area (Å²) in [6.07, 6.45) is -4.94. The van der Waals surface area contributed by atoms with Crippen LogP contribution in [0, 0.1) is 5.82 Å². The summed E-state index contributed by atoms with van der Waals surface area (Å²) < 4.78 is 76.4. The van der Waals surface area contributed by atoms with Gasteiger partial charge in [-0.1, -0.05) is 0 Å². The van der Waals surface area contributed by atoms with Crippen LogP contribution in [0.5, 0.6) is 0 Å². The number of benzene rings is 1. The van der Waals surface area contributed by atoms with Crippen LogP contribution in [0.4, 0.5) is 17.6 Å². The Morgan fingerprint density at radius 2 is 1.67 bits per heavy atom. The molecule has 0 amide bonds. The van der Waals surface area contributed by atoms with Crippen molar-refractivity contribution in [1.29, 1.82) is 0 Å². The van der Waals surface area contributed by atoms with Gasteiger partial charge in [-0.25, -0.2) is 12.8 Å². The molecule has 0 aliphatic carbocycles. The highest BCUT2D eigenvalue weighted by molar-refractivity contribution is 7.89. The lowest BCUT2D eigenvalue weighted by molar-refractivity contribution is -0.140. The van der Waals surface area contributed by atoms with E-state index in [9.17, 15) is 30.8 Å². The van der Waals surface area contributed by atoms with E-state index < -0.39 is 32.5 Å². The van der Waals surface area contributed by atoms with Crippen LogP contribution in [0.25, 0.3) is 0 Å². The number of alkyl halides is 3. The van der Waals surface area contributed by atoms with Crippen LogP contribution in [-0.4, -0.2) is 31.6 Å². The molecule has 116 valence electrons. The molecule has 1 saturated heterocycles. The lowest BCUT2D eigenvalue weighted by Crippen LogP contribution is -2.38. The summed E-state index contributed by atoms with van der Waals surface area (Å²) in [6, 6.07) is 1.54. The number of hydrogen-bond acceptors (Lipinski definition) is 3. The second kappa shape index (κ2) is 5.38. The number of carbonyl (C=O) groups is 1. The van der Waals surface area contributed by atoms with Gasteiger partial charge in [0.25, 0.3) is 0 Å². The molecule has 0 bridgehead atoms. The number of rotatable bonds is 2. The molecule has 0 atom stereocenters. The molecule has 2 rings (SSSR count). The lowest BCUT2D eigenvalue weighted by Gasteiger charge is -2.25. The average Bonchev–Trinajstić information content (AvgIpc) is 2.38. The first-order valence-electron chi connectivity index (χ1n) is 6.01. The first-order valence-corrected chi connectivity index (χ1v) is 7.45. The summed E-state index contributed by atoms with van der Waals surface area (Å²) in [5, 5.41) is 0.